The van der Waals surface area contributed by atoms with Gasteiger partial charge in [-0.25, -0.2) is 4.98 Å². The van der Waals surface area contributed by atoms with Crippen LogP contribution in [0.15, 0.2) is 0 Å². The summed E-state index contributed by atoms with van der Waals surface area (Å²) in [5, 5.41) is 10.6. The lowest BCUT2D eigenvalue weighted by molar-refractivity contribution is 0.445. The fourth-order valence-corrected chi connectivity index (χ4v) is 1.93. The molecule has 0 saturated heterocycles. The molecule has 2 N–H and O–H groups in total. The maximum Gasteiger partial charge on any atom is 0.151 e. The summed E-state index contributed by atoms with van der Waals surface area (Å²) in [5.41, 5.74) is 0. The van der Waals surface area contributed by atoms with Gasteiger partial charge >= 0.3 is 0 Å². The molecule has 0 aliphatic rings. The Morgan fingerprint density at radius 2 is 1.94 bits per heavy atom. The van der Waals surface area contributed by atoms with Crippen LogP contribution in [0.2, 0.25) is 0 Å². The number of H-pyrrole nitrogens is 1. The first-order valence-electron chi connectivity index (χ1n) is 6.37. The Kier molecular flexibility index (Phi) is 6.08. The molecule has 0 amide bonds. The van der Waals surface area contributed by atoms with Crippen molar-refractivity contribution in [1.82, 2.24) is 20.5 Å². The van der Waals surface area contributed by atoms with Gasteiger partial charge in [0.1, 0.15) is 5.82 Å². The van der Waals surface area contributed by atoms with Gasteiger partial charge in [0.05, 0.1) is 0 Å². The molecule has 0 atom stereocenters. The number of aromatic amines is 1. The third-order valence-corrected chi connectivity index (χ3v) is 2.70. The minimum atomic E-state index is 0.662. The highest BCUT2D eigenvalue weighted by molar-refractivity contribution is 4.88. The molecule has 0 unspecified atom stereocenters. The summed E-state index contributed by atoms with van der Waals surface area (Å²) in [5.74, 6) is 1.81. The smallest absolute Gasteiger partial charge is 0.151 e. The van der Waals surface area contributed by atoms with Gasteiger partial charge in [-0.05, 0) is 19.8 Å². The molecule has 0 saturated carbocycles. The highest BCUT2D eigenvalue weighted by Crippen LogP contribution is 2.04. The van der Waals surface area contributed by atoms with Crippen LogP contribution in [0.4, 0.5) is 0 Å². The van der Waals surface area contributed by atoms with Crippen LogP contribution in [0.5, 0.6) is 0 Å². The zero-order valence-corrected chi connectivity index (χ0v) is 10.7. The molecule has 0 aliphatic carbocycles. The Labute approximate surface area is 98.2 Å². The van der Waals surface area contributed by atoms with E-state index in [0.29, 0.717) is 6.04 Å². The molecule has 0 aliphatic heterocycles. The zero-order valence-electron chi connectivity index (χ0n) is 10.7. The monoisotopic (exact) mass is 224 g/mol. The van der Waals surface area contributed by atoms with Crippen LogP contribution in [0, 0.1) is 6.92 Å². The van der Waals surface area contributed by atoms with Gasteiger partial charge in [0, 0.05) is 19.0 Å². The molecular weight excluding hydrogens is 200 g/mol. The fourth-order valence-electron chi connectivity index (χ4n) is 1.93. The van der Waals surface area contributed by atoms with Crippen LogP contribution in [0.25, 0.3) is 0 Å². The molecule has 1 aromatic heterocycles. The predicted octanol–water partition coefficient (Wildman–Crippen LogP) is 2.21. The van der Waals surface area contributed by atoms with E-state index < -0.39 is 0 Å². The summed E-state index contributed by atoms with van der Waals surface area (Å²) < 4.78 is 0. The normalized spacial score (nSPS) is 11.2. The second kappa shape index (κ2) is 7.39. The molecule has 4 nitrogen and oxygen atoms in total. The minimum absolute atomic E-state index is 0.662. The lowest BCUT2D eigenvalue weighted by Gasteiger charge is -2.16. The van der Waals surface area contributed by atoms with E-state index in [1.807, 2.05) is 6.92 Å². The van der Waals surface area contributed by atoms with Crippen molar-refractivity contribution in [3.05, 3.63) is 11.6 Å². The SMILES string of the molecule is CCCC(CCC)NCCc1n[nH]c(C)n1. The van der Waals surface area contributed by atoms with Crippen LogP contribution in [-0.4, -0.2) is 27.8 Å². The van der Waals surface area contributed by atoms with Crippen LogP contribution >= 0.6 is 0 Å². The van der Waals surface area contributed by atoms with Crippen molar-refractivity contribution in [2.45, 2.75) is 58.9 Å². The fraction of sp³-hybridized carbons (Fsp3) is 0.833. The van der Waals surface area contributed by atoms with Gasteiger partial charge in [0.25, 0.3) is 0 Å². The molecule has 1 aromatic rings. The summed E-state index contributed by atoms with van der Waals surface area (Å²) in [6.07, 6.45) is 5.94. The average Bonchev–Trinajstić information content (AvgIpc) is 2.65. The summed E-state index contributed by atoms with van der Waals surface area (Å²) >= 11 is 0. The van der Waals surface area contributed by atoms with E-state index in [2.05, 4.69) is 34.3 Å². The van der Waals surface area contributed by atoms with Crippen molar-refractivity contribution < 1.29 is 0 Å². The Morgan fingerprint density at radius 3 is 2.44 bits per heavy atom. The predicted molar refractivity (Wildman–Crippen MR) is 66.4 cm³/mol. The van der Waals surface area contributed by atoms with E-state index in [1.54, 1.807) is 0 Å². The van der Waals surface area contributed by atoms with Crippen LogP contribution in [-0.2, 0) is 6.42 Å². The number of nitrogens with one attached hydrogen (secondary N) is 2. The first-order valence-corrected chi connectivity index (χ1v) is 6.37. The number of aromatic nitrogens is 3. The highest BCUT2D eigenvalue weighted by Gasteiger charge is 2.06. The number of nitrogens with zero attached hydrogens (tertiary/aromatic N) is 2. The number of rotatable bonds is 8. The molecule has 1 heterocycles. The van der Waals surface area contributed by atoms with Crippen molar-refractivity contribution in [3.63, 3.8) is 0 Å². The molecule has 16 heavy (non-hydrogen) atoms. The lowest BCUT2D eigenvalue weighted by atomic mass is 10.1. The van der Waals surface area contributed by atoms with Crippen molar-refractivity contribution >= 4 is 0 Å². The zero-order chi connectivity index (χ0) is 11.8. The standard InChI is InChI=1S/C12H24N4/c1-4-6-11(7-5-2)13-9-8-12-14-10(3)15-16-12/h11,13H,4-9H2,1-3H3,(H,14,15,16). The highest BCUT2D eigenvalue weighted by atomic mass is 15.2. The third-order valence-electron chi connectivity index (χ3n) is 2.70. The van der Waals surface area contributed by atoms with Crippen LogP contribution < -0.4 is 5.32 Å². The first kappa shape index (κ1) is 13.2. The second-order valence-corrected chi connectivity index (χ2v) is 4.32. The van der Waals surface area contributed by atoms with Gasteiger partial charge < -0.3 is 5.32 Å². The van der Waals surface area contributed by atoms with Gasteiger partial charge in [-0.2, -0.15) is 5.10 Å². The maximum absolute atomic E-state index is 4.29. The Hall–Kier alpha value is -0.900. The topological polar surface area (TPSA) is 53.6 Å². The van der Waals surface area contributed by atoms with Gasteiger partial charge in [0.15, 0.2) is 5.82 Å². The largest absolute Gasteiger partial charge is 0.314 e. The summed E-state index contributed by atoms with van der Waals surface area (Å²) in [7, 11) is 0. The van der Waals surface area contributed by atoms with Gasteiger partial charge in [0.2, 0.25) is 0 Å². The van der Waals surface area contributed by atoms with Crippen LogP contribution in [0.3, 0.4) is 0 Å². The number of hydrogen-bond donors (Lipinski definition) is 2. The summed E-state index contributed by atoms with van der Waals surface area (Å²) in [6, 6.07) is 0.662. The lowest BCUT2D eigenvalue weighted by Crippen LogP contribution is -2.30. The van der Waals surface area contributed by atoms with Crippen molar-refractivity contribution in [1.29, 1.82) is 0 Å². The molecule has 0 aromatic carbocycles. The number of aryl methyl sites for hydroxylation is 1. The van der Waals surface area contributed by atoms with E-state index in [0.717, 1.165) is 24.6 Å². The van der Waals surface area contributed by atoms with Gasteiger partial charge in [-0.3, -0.25) is 5.10 Å². The van der Waals surface area contributed by atoms with Crippen molar-refractivity contribution in [2.24, 2.45) is 0 Å². The van der Waals surface area contributed by atoms with E-state index in [4.69, 9.17) is 0 Å². The molecule has 0 spiro atoms. The van der Waals surface area contributed by atoms with Crippen molar-refractivity contribution in [3.8, 4) is 0 Å². The molecule has 4 heteroatoms. The Balaban J connectivity index is 2.21. The molecule has 92 valence electrons. The van der Waals surface area contributed by atoms with E-state index in [-0.39, 0.29) is 0 Å². The molecule has 1 rings (SSSR count). The minimum Gasteiger partial charge on any atom is -0.314 e. The van der Waals surface area contributed by atoms with Gasteiger partial charge in [-0.15, -0.1) is 0 Å². The maximum atomic E-state index is 4.29. The third kappa shape index (κ3) is 4.75. The van der Waals surface area contributed by atoms with E-state index >= 15 is 0 Å². The molecular formula is C12H24N4. The molecule has 0 bridgehead atoms. The number of hydrogen-bond acceptors (Lipinski definition) is 3. The van der Waals surface area contributed by atoms with Crippen LogP contribution in [0.1, 0.15) is 51.2 Å². The quantitative estimate of drug-likeness (QED) is 0.712. The summed E-state index contributed by atoms with van der Waals surface area (Å²) in [6.45, 7) is 7.38. The first-order chi connectivity index (χ1) is 7.76. The molecule has 0 radical (unpaired) electrons. The second-order valence-electron chi connectivity index (χ2n) is 4.32. The van der Waals surface area contributed by atoms with Gasteiger partial charge in [-0.1, -0.05) is 26.7 Å². The van der Waals surface area contributed by atoms with E-state index in [1.165, 1.54) is 25.7 Å². The average molecular weight is 224 g/mol. The van der Waals surface area contributed by atoms with E-state index in [9.17, 15) is 0 Å². The Bertz CT molecular complexity index is 276. The Morgan fingerprint density at radius 1 is 1.25 bits per heavy atom. The molecule has 0 fully saturated rings. The van der Waals surface area contributed by atoms with Crippen molar-refractivity contribution in [2.75, 3.05) is 6.54 Å². The summed E-state index contributed by atoms with van der Waals surface area (Å²) in [4.78, 5) is 4.29.